The van der Waals surface area contributed by atoms with E-state index in [1.807, 2.05) is 13.8 Å². The fraction of sp³-hybridized carbons (Fsp3) is 0.875. The van der Waals surface area contributed by atoms with Crippen molar-refractivity contribution < 1.29 is 9.59 Å². The molecule has 1 aliphatic carbocycles. The lowest BCUT2D eigenvalue weighted by atomic mass is 9.64. The van der Waals surface area contributed by atoms with E-state index in [0.717, 1.165) is 6.54 Å². The van der Waals surface area contributed by atoms with E-state index in [1.165, 1.54) is 25.7 Å². The normalized spacial score (nSPS) is 26.9. The minimum Gasteiger partial charge on any atom is -0.354 e. The van der Waals surface area contributed by atoms with Gasteiger partial charge < -0.3 is 10.6 Å². The van der Waals surface area contributed by atoms with E-state index < -0.39 is 4.75 Å². The van der Waals surface area contributed by atoms with Crippen molar-refractivity contribution in [3.05, 3.63) is 0 Å². The topological polar surface area (TPSA) is 58.2 Å². The van der Waals surface area contributed by atoms with Crippen LogP contribution in [0, 0.1) is 11.3 Å². The zero-order valence-electron chi connectivity index (χ0n) is 13.6. The van der Waals surface area contributed by atoms with E-state index in [9.17, 15) is 9.59 Å². The second-order valence-electron chi connectivity index (χ2n) is 7.52. The average molecular weight is 312 g/mol. The lowest BCUT2D eigenvalue weighted by Crippen LogP contribution is -2.58. The quantitative estimate of drug-likeness (QED) is 0.819. The molecule has 1 atom stereocenters. The van der Waals surface area contributed by atoms with Gasteiger partial charge in [0.25, 0.3) is 0 Å². The molecule has 1 aliphatic heterocycles. The van der Waals surface area contributed by atoms with Crippen molar-refractivity contribution in [1.29, 1.82) is 0 Å². The van der Waals surface area contributed by atoms with Crippen LogP contribution in [0.5, 0.6) is 0 Å². The molecule has 2 aliphatic rings. The second-order valence-corrected chi connectivity index (χ2v) is 9.16. The first-order valence-electron chi connectivity index (χ1n) is 7.97. The van der Waals surface area contributed by atoms with Crippen molar-refractivity contribution in [2.75, 3.05) is 12.3 Å². The van der Waals surface area contributed by atoms with Gasteiger partial charge >= 0.3 is 0 Å². The van der Waals surface area contributed by atoms with E-state index in [4.69, 9.17) is 0 Å². The van der Waals surface area contributed by atoms with E-state index in [2.05, 4.69) is 24.5 Å². The molecule has 21 heavy (non-hydrogen) atoms. The Hall–Kier alpha value is -0.710. The van der Waals surface area contributed by atoms with E-state index in [1.54, 1.807) is 11.8 Å². The lowest BCUT2D eigenvalue weighted by molar-refractivity contribution is -0.130. The third-order valence-electron chi connectivity index (χ3n) is 4.67. The van der Waals surface area contributed by atoms with Gasteiger partial charge in [-0.3, -0.25) is 9.59 Å². The van der Waals surface area contributed by atoms with Crippen molar-refractivity contribution in [3.8, 4) is 0 Å². The van der Waals surface area contributed by atoms with Gasteiger partial charge in [-0.1, -0.05) is 20.3 Å². The highest BCUT2D eigenvalue weighted by atomic mass is 32.2. The highest BCUT2D eigenvalue weighted by Crippen LogP contribution is 2.45. The Morgan fingerprint density at radius 3 is 2.57 bits per heavy atom. The van der Waals surface area contributed by atoms with Crippen molar-refractivity contribution in [2.45, 2.75) is 64.2 Å². The zero-order valence-corrected chi connectivity index (χ0v) is 14.4. The van der Waals surface area contributed by atoms with Crippen LogP contribution >= 0.6 is 11.8 Å². The Morgan fingerprint density at radius 1 is 1.43 bits per heavy atom. The minimum atomic E-state index is -0.427. The van der Waals surface area contributed by atoms with Gasteiger partial charge in [-0.05, 0) is 44.4 Å². The van der Waals surface area contributed by atoms with Crippen LogP contribution in [-0.4, -0.2) is 34.9 Å². The molecule has 2 rings (SSSR count). The first-order chi connectivity index (χ1) is 9.74. The molecule has 1 heterocycles. The number of nitrogens with one attached hydrogen (secondary N) is 2. The highest BCUT2D eigenvalue weighted by Gasteiger charge is 2.40. The van der Waals surface area contributed by atoms with Crippen molar-refractivity contribution in [1.82, 2.24) is 10.6 Å². The molecule has 0 aromatic heterocycles. The molecule has 0 aromatic rings. The number of amides is 2. The Kier molecular flexibility index (Phi) is 4.91. The van der Waals surface area contributed by atoms with Crippen LogP contribution in [0.3, 0.4) is 0 Å². The summed E-state index contributed by atoms with van der Waals surface area (Å²) < 4.78 is -0.427. The highest BCUT2D eigenvalue weighted by molar-refractivity contribution is 8.01. The van der Waals surface area contributed by atoms with Gasteiger partial charge in [0.2, 0.25) is 11.8 Å². The molecular formula is C16H28N2O2S. The summed E-state index contributed by atoms with van der Waals surface area (Å²) in [6, 6.07) is -0.383. The summed E-state index contributed by atoms with van der Waals surface area (Å²) in [6.45, 7) is 9.02. The Morgan fingerprint density at radius 2 is 2.10 bits per heavy atom. The minimum absolute atomic E-state index is 0.0265. The molecule has 0 radical (unpaired) electrons. The van der Waals surface area contributed by atoms with Crippen LogP contribution in [0.4, 0.5) is 0 Å². The molecule has 5 heteroatoms. The van der Waals surface area contributed by atoms with E-state index in [-0.39, 0.29) is 17.9 Å². The summed E-state index contributed by atoms with van der Waals surface area (Å²) in [5.74, 6) is 1.25. The van der Waals surface area contributed by atoms with Gasteiger partial charge in [-0.2, -0.15) is 0 Å². The molecule has 120 valence electrons. The summed E-state index contributed by atoms with van der Waals surface area (Å²) in [5.41, 5.74) is 0.301. The molecule has 0 bridgehead atoms. The molecule has 1 unspecified atom stereocenters. The van der Waals surface area contributed by atoms with Gasteiger partial charge in [0.1, 0.15) is 6.04 Å². The van der Waals surface area contributed by atoms with Gasteiger partial charge in [0, 0.05) is 12.3 Å². The molecule has 2 N–H and O–H groups in total. The Labute approximate surface area is 132 Å². The molecular weight excluding hydrogens is 284 g/mol. The maximum atomic E-state index is 12.3. The van der Waals surface area contributed by atoms with Gasteiger partial charge in [-0.15, -0.1) is 11.8 Å². The monoisotopic (exact) mass is 312 g/mol. The standard InChI is InChI=1S/C16H28N2O2S/c1-11(2)8-16(6-5-7-16)10-17-13(19)12-9-21-15(3,4)14(20)18-12/h11-12H,5-10H2,1-4H3,(H,17,19)(H,18,20). The van der Waals surface area contributed by atoms with Crippen LogP contribution in [-0.2, 0) is 9.59 Å². The average Bonchev–Trinajstić information content (AvgIpc) is 2.35. The number of rotatable bonds is 5. The number of carbonyl (C=O) groups is 2. The van der Waals surface area contributed by atoms with Crippen LogP contribution in [0.1, 0.15) is 53.4 Å². The van der Waals surface area contributed by atoms with Crippen molar-refractivity contribution in [2.24, 2.45) is 11.3 Å². The van der Waals surface area contributed by atoms with Crippen molar-refractivity contribution in [3.63, 3.8) is 0 Å². The van der Waals surface area contributed by atoms with Crippen LogP contribution in [0.15, 0.2) is 0 Å². The predicted octanol–water partition coefficient (Wildman–Crippen LogP) is 2.33. The SMILES string of the molecule is CC(C)CC1(CNC(=O)C2CSC(C)(C)C(=O)N2)CCC1. The third-order valence-corrected chi connectivity index (χ3v) is 6.08. The first kappa shape index (κ1) is 16.7. The predicted molar refractivity (Wildman–Crippen MR) is 87.2 cm³/mol. The molecule has 0 spiro atoms. The fourth-order valence-electron chi connectivity index (χ4n) is 3.27. The zero-order chi connectivity index (χ0) is 15.7. The maximum Gasteiger partial charge on any atom is 0.243 e. The molecule has 1 saturated carbocycles. The molecule has 4 nitrogen and oxygen atoms in total. The smallest absolute Gasteiger partial charge is 0.243 e. The maximum absolute atomic E-state index is 12.3. The summed E-state index contributed by atoms with van der Waals surface area (Å²) in [5, 5.41) is 5.93. The Balaban J connectivity index is 1.84. The molecule has 2 fully saturated rings. The van der Waals surface area contributed by atoms with Crippen LogP contribution in [0.2, 0.25) is 0 Å². The second kappa shape index (κ2) is 6.19. The Bertz CT molecular complexity index is 417. The number of thioether (sulfide) groups is 1. The summed E-state index contributed by atoms with van der Waals surface area (Å²) >= 11 is 1.56. The summed E-state index contributed by atoms with van der Waals surface area (Å²) in [4.78, 5) is 24.2. The van der Waals surface area contributed by atoms with Gasteiger partial charge in [0.05, 0.1) is 4.75 Å². The van der Waals surface area contributed by atoms with E-state index >= 15 is 0 Å². The van der Waals surface area contributed by atoms with Crippen LogP contribution in [0.25, 0.3) is 0 Å². The molecule has 1 saturated heterocycles. The third kappa shape index (κ3) is 3.93. The first-order valence-corrected chi connectivity index (χ1v) is 8.95. The number of carbonyl (C=O) groups excluding carboxylic acids is 2. The fourth-order valence-corrected chi connectivity index (χ4v) is 4.27. The van der Waals surface area contributed by atoms with Gasteiger partial charge in [0.15, 0.2) is 0 Å². The molecule has 0 aromatic carbocycles. The van der Waals surface area contributed by atoms with Crippen molar-refractivity contribution >= 4 is 23.6 Å². The largest absolute Gasteiger partial charge is 0.354 e. The lowest BCUT2D eigenvalue weighted by Gasteiger charge is -2.44. The van der Waals surface area contributed by atoms with E-state index in [0.29, 0.717) is 17.1 Å². The van der Waals surface area contributed by atoms with Gasteiger partial charge in [-0.25, -0.2) is 0 Å². The number of hydrogen-bond donors (Lipinski definition) is 2. The molecule has 2 amide bonds. The summed E-state index contributed by atoms with van der Waals surface area (Å²) in [7, 11) is 0. The van der Waals surface area contributed by atoms with Crippen LogP contribution < -0.4 is 10.6 Å². The number of hydrogen-bond acceptors (Lipinski definition) is 3. The summed E-state index contributed by atoms with van der Waals surface area (Å²) in [6.07, 6.45) is 4.87.